The number of nitrogens with one attached hydrogen (secondary N) is 1. The Bertz CT molecular complexity index is 722. The fourth-order valence-electron chi connectivity index (χ4n) is 4.01. The molecular weight excluding hydrogens is 342 g/mol. The van der Waals surface area contributed by atoms with Gasteiger partial charge in [0.2, 0.25) is 15.9 Å². The average molecular weight is 369 g/mol. The molecule has 1 N–H and O–H groups in total. The first-order valence-corrected chi connectivity index (χ1v) is 10.4. The van der Waals surface area contributed by atoms with Crippen LogP contribution in [0.1, 0.15) is 56.9 Å². The van der Waals surface area contributed by atoms with Crippen molar-refractivity contribution in [2.75, 3.05) is 13.1 Å². The number of piperidine rings is 1. The summed E-state index contributed by atoms with van der Waals surface area (Å²) < 4.78 is 32.1. The monoisotopic (exact) mass is 369 g/mol. The highest BCUT2D eigenvalue weighted by Gasteiger charge is 2.37. The second-order valence-corrected chi connectivity index (χ2v) is 9.46. The van der Waals surface area contributed by atoms with Crippen molar-refractivity contribution in [1.29, 1.82) is 0 Å². The van der Waals surface area contributed by atoms with Crippen LogP contribution in [0.4, 0.5) is 0 Å². The second kappa shape index (κ2) is 6.72. The summed E-state index contributed by atoms with van der Waals surface area (Å²) in [6.07, 6.45) is 5.46. The molecule has 7 nitrogen and oxygen atoms in total. The Balaban J connectivity index is 1.63. The van der Waals surface area contributed by atoms with Crippen molar-refractivity contribution in [3.8, 4) is 0 Å². The van der Waals surface area contributed by atoms with Gasteiger partial charge in [-0.1, -0.05) is 18.0 Å². The number of amides is 1. The molecule has 25 heavy (non-hydrogen) atoms. The van der Waals surface area contributed by atoms with Gasteiger partial charge in [-0.25, -0.2) is 8.42 Å². The van der Waals surface area contributed by atoms with Crippen molar-refractivity contribution < 1.29 is 17.7 Å². The van der Waals surface area contributed by atoms with Crippen LogP contribution in [0, 0.1) is 19.8 Å². The number of hydrogen-bond acceptors (Lipinski definition) is 5. The van der Waals surface area contributed by atoms with E-state index in [2.05, 4.69) is 17.4 Å². The Morgan fingerprint density at radius 1 is 1.24 bits per heavy atom. The number of rotatable bonds is 4. The molecule has 2 heterocycles. The highest BCUT2D eigenvalue weighted by Crippen LogP contribution is 2.31. The molecule has 0 atom stereocenters. The maximum atomic E-state index is 12.8. The first-order valence-electron chi connectivity index (χ1n) is 8.98. The van der Waals surface area contributed by atoms with Gasteiger partial charge in [0.15, 0.2) is 5.76 Å². The van der Waals surface area contributed by atoms with E-state index < -0.39 is 10.0 Å². The first kappa shape index (κ1) is 18.4. The second-order valence-electron chi connectivity index (χ2n) is 7.59. The minimum Gasteiger partial charge on any atom is -0.360 e. The number of aromatic nitrogens is 1. The van der Waals surface area contributed by atoms with Crippen molar-refractivity contribution in [2.45, 2.75) is 69.7 Å². The van der Waals surface area contributed by atoms with Gasteiger partial charge in [-0.05, 0) is 46.5 Å². The van der Waals surface area contributed by atoms with Gasteiger partial charge in [-0.15, -0.1) is 0 Å². The summed E-state index contributed by atoms with van der Waals surface area (Å²) >= 11 is 0. The molecule has 1 amide bonds. The van der Waals surface area contributed by atoms with Gasteiger partial charge in [0.1, 0.15) is 10.6 Å². The molecule has 1 aliphatic carbocycles. The van der Waals surface area contributed by atoms with Gasteiger partial charge in [0.25, 0.3) is 0 Å². The van der Waals surface area contributed by atoms with Gasteiger partial charge in [0.05, 0.1) is 0 Å². The summed E-state index contributed by atoms with van der Waals surface area (Å²) in [5.74, 6) is 0.263. The van der Waals surface area contributed by atoms with Crippen molar-refractivity contribution in [3.05, 3.63) is 11.5 Å². The van der Waals surface area contributed by atoms with Gasteiger partial charge in [-0.2, -0.15) is 4.31 Å². The van der Waals surface area contributed by atoms with Crippen LogP contribution in [0.15, 0.2) is 9.42 Å². The lowest BCUT2D eigenvalue weighted by molar-refractivity contribution is -0.127. The minimum atomic E-state index is -3.62. The molecule has 1 saturated heterocycles. The smallest absolute Gasteiger partial charge is 0.248 e. The molecule has 0 bridgehead atoms. The molecule has 0 aromatic carbocycles. The van der Waals surface area contributed by atoms with Crippen molar-refractivity contribution in [3.63, 3.8) is 0 Å². The summed E-state index contributed by atoms with van der Waals surface area (Å²) in [7, 11) is -3.62. The van der Waals surface area contributed by atoms with Crippen molar-refractivity contribution in [2.24, 2.45) is 5.92 Å². The number of carbonyl (C=O) groups excluding carboxylic acids is 1. The molecule has 2 aliphatic rings. The zero-order valence-electron chi connectivity index (χ0n) is 15.2. The normalized spacial score (nSPS) is 22.2. The highest BCUT2D eigenvalue weighted by atomic mass is 32.2. The summed E-state index contributed by atoms with van der Waals surface area (Å²) in [5, 5.41) is 6.93. The minimum absolute atomic E-state index is 0.0683. The molecule has 0 unspecified atom stereocenters. The molecule has 1 aromatic heterocycles. The van der Waals surface area contributed by atoms with E-state index in [1.165, 1.54) is 4.31 Å². The standard InChI is InChI=1S/C17H27N3O4S/c1-12-15(13(2)24-19-12)25(22,23)20-10-6-14(7-11-20)16(21)18-17(3)8-4-5-9-17/h14H,4-11H2,1-3H3,(H,18,21). The van der Waals surface area contributed by atoms with Gasteiger partial charge < -0.3 is 9.84 Å². The molecule has 1 aromatic rings. The van der Waals surface area contributed by atoms with E-state index in [0.717, 1.165) is 25.7 Å². The number of aryl methyl sites for hydroxylation is 2. The summed E-state index contributed by atoms with van der Waals surface area (Å²) in [4.78, 5) is 12.7. The lowest BCUT2D eigenvalue weighted by atomic mass is 9.94. The van der Waals surface area contributed by atoms with Crippen LogP contribution in [0.3, 0.4) is 0 Å². The molecule has 2 fully saturated rings. The number of carbonyl (C=O) groups is 1. The van der Waals surface area contributed by atoms with E-state index >= 15 is 0 Å². The summed E-state index contributed by atoms with van der Waals surface area (Å²) in [6.45, 7) is 6.04. The fraction of sp³-hybridized carbons (Fsp3) is 0.765. The van der Waals surface area contributed by atoms with Crippen LogP contribution < -0.4 is 5.32 Å². The predicted molar refractivity (Wildman–Crippen MR) is 92.5 cm³/mol. The van der Waals surface area contributed by atoms with E-state index in [4.69, 9.17) is 4.52 Å². The Morgan fingerprint density at radius 2 is 1.84 bits per heavy atom. The molecule has 8 heteroatoms. The summed E-state index contributed by atoms with van der Waals surface area (Å²) in [5.41, 5.74) is 0.295. The van der Waals surface area contributed by atoms with Crippen LogP contribution in [-0.4, -0.2) is 42.4 Å². The van der Waals surface area contributed by atoms with Crippen LogP contribution >= 0.6 is 0 Å². The fourth-order valence-corrected chi connectivity index (χ4v) is 5.77. The topological polar surface area (TPSA) is 92.5 Å². The van der Waals surface area contributed by atoms with Crippen LogP contribution in [0.5, 0.6) is 0 Å². The largest absolute Gasteiger partial charge is 0.360 e. The van der Waals surface area contributed by atoms with Crippen molar-refractivity contribution in [1.82, 2.24) is 14.8 Å². The Morgan fingerprint density at radius 3 is 2.36 bits per heavy atom. The zero-order chi connectivity index (χ0) is 18.2. The third-order valence-corrected chi connectivity index (χ3v) is 7.67. The van der Waals surface area contributed by atoms with Crippen LogP contribution in [0.25, 0.3) is 0 Å². The Kier molecular flexibility index (Phi) is 4.94. The molecule has 0 radical (unpaired) electrons. The highest BCUT2D eigenvalue weighted by molar-refractivity contribution is 7.89. The number of hydrogen-bond donors (Lipinski definition) is 1. The van der Waals surface area contributed by atoms with Gasteiger partial charge in [0, 0.05) is 24.5 Å². The lowest BCUT2D eigenvalue weighted by Gasteiger charge is -2.33. The van der Waals surface area contributed by atoms with Crippen molar-refractivity contribution >= 4 is 15.9 Å². The molecule has 3 rings (SSSR count). The van der Waals surface area contributed by atoms with E-state index in [1.54, 1.807) is 13.8 Å². The number of nitrogens with zero attached hydrogens (tertiary/aromatic N) is 2. The van der Waals surface area contributed by atoms with E-state index in [0.29, 0.717) is 37.4 Å². The molecule has 140 valence electrons. The summed E-state index contributed by atoms with van der Waals surface area (Å²) in [6, 6.07) is 0. The molecule has 0 spiro atoms. The van der Waals surface area contributed by atoms with E-state index in [1.807, 2.05) is 0 Å². The zero-order valence-corrected chi connectivity index (χ0v) is 16.0. The Labute approximate surface area is 149 Å². The molecule has 1 aliphatic heterocycles. The lowest BCUT2D eigenvalue weighted by Crippen LogP contribution is -2.49. The molecular formula is C17H27N3O4S. The number of sulfonamides is 1. The van der Waals surface area contributed by atoms with Gasteiger partial charge in [-0.3, -0.25) is 4.79 Å². The Hall–Kier alpha value is -1.41. The SMILES string of the molecule is Cc1noc(C)c1S(=O)(=O)N1CCC(C(=O)NC2(C)CCCC2)CC1. The van der Waals surface area contributed by atoms with Crippen LogP contribution in [0.2, 0.25) is 0 Å². The van der Waals surface area contributed by atoms with E-state index in [9.17, 15) is 13.2 Å². The maximum Gasteiger partial charge on any atom is 0.248 e. The first-order chi connectivity index (χ1) is 11.7. The molecule has 1 saturated carbocycles. The predicted octanol–water partition coefficient (Wildman–Crippen LogP) is 2.14. The van der Waals surface area contributed by atoms with E-state index in [-0.39, 0.29) is 22.3 Å². The van der Waals surface area contributed by atoms with Crippen LogP contribution in [-0.2, 0) is 14.8 Å². The average Bonchev–Trinajstić information content (AvgIpc) is 3.13. The third kappa shape index (κ3) is 3.60. The quantitative estimate of drug-likeness (QED) is 0.878. The third-order valence-electron chi connectivity index (χ3n) is 5.52. The maximum absolute atomic E-state index is 12.8. The van der Waals surface area contributed by atoms with Gasteiger partial charge >= 0.3 is 0 Å².